The number of carbonyl (C=O) groups is 1. The third-order valence-corrected chi connectivity index (χ3v) is 5.65. The van der Waals surface area contributed by atoms with Gasteiger partial charge in [-0.3, -0.25) is 4.79 Å². The molecule has 2 aromatic carbocycles. The highest BCUT2D eigenvalue weighted by molar-refractivity contribution is 5.87. The first-order chi connectivity index (χ1) is 15.5. The van der Waals surface area contributed by atoms with Crippen LogP contribution in [0.5, 0.6) is 11.5 Å². The van der Waals surface area contributed by atoms with E-state index in [-0.39, 0.29) is 11.9 Å². The number of para-hydroxylation sites is 1. The Morgan fingerprint density at radius 1 is 1.12 bits per heavy atom. The minimum Gasteiger partial charge on any atom is -0.457 e. The number of rotatable bonds is 6. The van der Waals surface area contributed by atoms with E-state index >= 15 is 0 Å². The number of likely N-dealkylation sites (tertiary alicyclic amines) is 1. The van der Waals surface area contributed by atoms with E-state index in [9.17, 15) is 4.79 Å². The summed E-state index contributed by atoms with van der Waals surface area (Å²) in [5.41, 5.74) is 20.6. The summed E-state index contributed by atoms with van der Waals surface area (Å²) in [6.45, 7) is 4.79. The molecule has 6 N–H and O–H groups in total. The number of amides is 1. The van der Waals surface area contributed by atoms with Gasteiger partial charge in [-0.25, -0.2) is 4.68 Å². The van der Waals surface area contributed by atoms with E-state index < -0.39 is 6.17 Å². The van der Waals surface area contributed by atoms with Crippen LogP contribution in [0.2, 0.25) is 0 Å². The summed E-state index contributed by atoms with van der Waals surface area (Å²) in [6, 6.07) is 17.1. The predicted molar refractivity (Wildman–Crippen MR) is 125 cm³/mol. The van der Waals surface area contributed by atoms with Crippen LogP contribution in [0.25, 0.3) is 11.3 Å². The van der Waals surface area contributed by atoms with E-state index in [4.69, 9.17) is 27.0 Å². The van der Waals surface area contributed by atoms with Crippen LogP contribution in [0.3, 0.4) is 0 Å². The van der Waals surface area contributed by atoms with Gasteiger partial charge in [0.1, 0.15) is 23.0 Å². The molecule has 166 valence electrons. The maximum atomic E-state index is 12.1. The molecule has 8 nitrogen and oxygen atoms in total. The highest BCUT2D eigenvalue weighted by atomic mass is 16.5. The van der Waals surface area contributed by atoms with E-state index in [1.165, 1.54) is 6.08 Å². The lowest BCUT2D eigenvalue weighted by Gasteiger charge is -2.32. The molecule has 3 aromatic rings. The fourth-order valence-corrected chi connectivity index (χ4v) is 4.07. The van der Waals surface area contributed by atoms with Crippen LogP contribution < -0.4 is 21.9 Å². The molecule has 1 amide bonds. The summed E-state index contributed by atoms with van der Waals surface area (Å²) in [7, 11) is 0. The van der Waals surface area contributed by atoms with Crippen LogP contribution in [0, 0.1) is 0 Å². The Labute approximate surface area is 187 Å². The van der Waals surface area contributed by atoms with Gasteiger partial charge in [0, 0.05) is 18.7 Å². The zero-order valence-electron chi connectivity index (χ0n) is 17.9. The summed E-state index contributed by atoms with van der Waals surface area (Å²) in [6.07, 6.45) is 2.26. The van der Waals surface area contributed by atoms with Gasteiger partial charge < -0.3 is 26.8 Å². The lowest BCUT2D eigenvalue weighted by atomic mass is 10.0. The maximum absolute atomic E-state index is 12.1. The molecule has 0 spiro atoms. The SMILES string of the molecule is C=CC(=O)N1CCCC(n2nc(-c3ccc(Oc4ccccc4)cc3)c(C(N)N)c2N)C1. The monoisotopic (exact) mass is 432 g/mol. The van der Waals surface area contributed by atoms with Crippen molar-refractivity contribution in [1.29, 1.82) is 0 Å². The van der Waals surface area contributed by atoms with Crippen molar-refractivity contribution < 1.29 is 9.53 Å². The molecule has 0 aliphatic carbocycles. The minimum absolute atomic E-state index is 0.0559. The normalized spacial score (nSPS) is 16.2. The first kappa shape index (κ1) is 21.6. The molecule has 32 heavy (non-hydrogen) atoms. The number of nitrogens with zero attached hydrogens (tertiary/aromatic N) is 3. The number of hydrogen-bond donors (Lipinski definition) is 3. The number of nitrogen functional groups attached to an aromatic ring is 1. The van der Waals surface area contributed by atoms with Crippen molar-refractivity contribution in [3.8, 4) is 22.8 Å². The van der Waals surface area contributed by atoms with Crippen LogP contribution in [-0.4, -0.2) is 33.7 Å². The van der Waals surface area contributed by atoms with Gasteiger partial charge in [-0.05, 0) is 55.3 Å². The Bertz CT molecular complexity index is 1090. The molecule has 8 heteroatoms. The third-order valence-electron chi connectivity index (χ3n) is 5.65. The van der Waals surface area contributed by atoms with Gasteiger partial charge in [0.2, 0.25) is 5.91 Å². The molecule has 1 aliphatic heterocycles. The Kier molecular flexibility index (Phi) is 6.25. The number of aromatic nitrogens is 2. The molecule has 0 radical (unpaired) electrons. The molecule has 1 aliphatic rings. The summed E-state index contributed by atoms with van der Waals surface area (Å²) in [5.74, 6) is 1.80. The summed E-state index contributed by atoms with van der Waals surface area (Å²) in [5, 5.41) is 4.79. The van der Waals surface area contributed by atoms with Crippen molar-refractivity contribution in [3.05, 3.63) is 72.8 Å². The molecule has 2 heterocycles. The topological polar surface area (TPSA) is 125 Å². The van der Waals surface area contributed by atoms with Crippen molar-refractivity contribution in [3.63, 3.8) is 0 Å². The summed E-state index contributed by atoms with van der Waals surface area (Å²) >= 11 is 0. The molecule has 1 aromatic heterocycles. The molecular formula is C24H28N6O2. The molecule has 4 rings (SSSR count). The third kappa shape index (κ3) is 4.37. The van der Waals surface area contributed by atoms with Crippen molar-refractivity contribution >= 4 is 11.7 Å². The number of ether oxygens (including phenoxy) is 1. The molecule has 1 saturated heterocycles. The number of anilines is 1. The van der Waals surface area contributed by atoms with E-state index in [1.807, 2.05) is 54.6 Å². The lowest BCUT2D eigenvalue weighted by molar-refractivity contribution is -0.127. The number of piperidine rings is 1. The van der Waals surface area contributed by atoms with Gasteiger partial charge in [-0.15, -0.1) is 0 Å². The fraction of sp³-hybridized carbons (Fsp3) is 0.250. The fourth-order valence-electron chi connectivity index (χ4n) is 4.07. The molecule has 0 bridgehead atoms. The minimum atomic E-state index is -0.784. The lowest BCUT2D eigenvalue weighted by Crippen LogP contribution is -2.40. The number of benzene rings is 2. The van der Waals surface area contributed by atoms with Crippen LogP contribution in [0.15, 0.2) is 67.3 Å². The summed E-state index contributed by atoms with van der Waals surface area (Å²) < 4.78 is 7.63. The average molecular weight is 433 g/mol. The van der Waals surface area contributed by atoms with Crippen LogP contribution in [0.1, 0.15) is 30.6 Å². The van der Waals surface area contributed by atoms with Crippen LogP contribution in [0.4, 0.5) is 5.82 Å². The first-order valence-corrected chi connectivity index (χ1v) is 10.6. The molecule has 1 unspecified atom stereocenters. The van der Waals surface area contributed by atoms with Gasteiger partial charge >= 0.3 is 0 Å². The predicted octanol–water partition coefficient (Wildman–Crippen LogP) is 3.19. The van der Waals surface area contributed by atoms with Gasteiger partial charge in [0.25, 0.3) is 0 Å². The zero-order chi connectivity index (χ0) is 22.7. The van der Waals surface area contributed by atoms with E-state index in [0.29, 0.717) is 35.9 Å². The standard InChI is InChI=1S/C24H28N6O2/c1-2-20(31)29-14-6-7-17(15-29)30-24(27)21(23(25)26)22(28-30)16-10-12-19(13-11-16)32-18-8-4-3-5-9-18/h2-5,8-13,17,23H,1,6-7,14-15,25-27H2. The number of hydrogen-bond acceptors (Lipinski definition) is 6. The van der Waals surface area contributed by atoms with Crippen LogP contribution in [-0.2, 0) is 4.79 Å². The Morgan fingerprint density at radius 2 is 1.81 bits per heavy atom. The molecule has 0 saturated carbocycles. The first-order valence-electron chi connectivity index (χ1n) is 10.6. The van der Waals surface area contributed by atoms with Gasteiger partial charge in [-0.2, -0.15) is 5.10 Å². The van der Waals surface area contributed by atoms with Gasteiger partial charge in [-0.1, -0.05) is 24.8 Å². The van der Waals surface area contributed by atoms with Crippen molar-refractivity contribution in [1.82, 2.24) is 14.7 Å². The molecular weight excluding hydrogens is 404 g/mol. The van der Waals surface area contributed by atoms with Crippen molar-refractivity contribution in [2.75, 3.05) is 18.8 Å². The van der Waals surface area contributed by atoms with Gasteiger partial charge in [0.15, 0.2) is 0 Å². The number of nitrogens with two attached hydrogens (primary N) is 3. The highest BCUT2D eigenvalue weighted by Crippen LogP contribution is 2.35. The smallest absolute Gasteiger partial charge is 0.246 e. The Balaban J connectivity index is 1.63. The van der Waals surface area contributed by atoms with E-state index in [1.54, 1.807) is 9.58 Å². The molecule has 1 fully saturated rings. The quantitative estimate of drug-likeness (QED) is 0.406. The highest BCUT2D eigenvalue weighted by Gasteiger charge is 2.29. The van der Waals surface area contributed by atoms with E-state index in [0.717, 1.165) is 24.2 Å². The second-order valence-corrected chi connectivity index (χ2v) is 7.84. The second-order valence-electron chi connectivity index (χ2n) is 7.84. The van der Waals surface area contributed by atoms with Crippen molar-refractivity contribution in [2.24, 2.45) is 11.5 Å². The largest absolute Gasteiger partial charge is 0.457 e. The Hall–Kier alpha value is -3.62. The van der Waals surface area contributed by atoms with Crippen LogP contribution >= 0.6 is 0 Å². The molecule has 1 atom stereocenters. The second kappa shape index (κ2) is 9.25. The summed E-state index contributed by atoms with van der Waals surface area (Å²) in [4.78, 5) is 13.9. The number of carbonyl (C=O) groups excluding carboxylic acids is 1. The Morgan fingerprint density at radius 3 is 2.47 bits per heavy atom. The van der Waals surface area contributed by atoms with Crippen molar-refractivity contribution in [2.45, 2.75) is 25.0 Å². The average Bonchev–Trinajstić information content (AvgIpc) is 3.17. The van der Waals surface area contributed by atoms with Gasteiger partial charge in [0.05, 0.1) is 17.8 Å². The maximum Gasteiger partial charge on any atom is 0.246 e. The zero-order valence-corrected chi connectivity index (χ0v) is 17.9. The van der Waals surface area contributed by atoms with E-state index in [2.05, 4.69) is 6.58 Å².